The van der Waals surface area contributed by atoms with Crippen LogP contribution >= 0.6 is 11.3 Å². The highest BCUT2D eigenvalue weighted by Gasteiger charge is 2.44. The zero-order valence-corrected chi connectivity index (χ0v) is 30.1. The number of likely N-dealkylation sites (tertiary alicyclic amines) is 1. The number of nitrogen functional groups attached to an aromatic ring is 1. The van der Waals surface area contributed by atoms with Crippen LogP contribution in [-0.2, 0) is 29.5 Å². The summed E-state index contributed by atoms with van der Waals surface area (Å²) >= 11 is 1.02. The van der Waals surface area contributed by atoms with E-state index in [0.29, 0.717) is 54.5 Å². The highest BCUT2D eigenvalue weighted by atomic mass is 32.2. The molecule has 4 aromatic rings. The molecule has 0 amide bonds. The third-order valence-corrected chi connectivity index (χ3v) is 13.2. The summed E-state index contributed by atoms with van der Waals surface area (Å²) in [6.07, 6.45) is -2.06. The predicted octanol–water partition coefficient (Wildman–Crippen LogP) is 4.58. The average molecular weight is 730 g/mol. The molecule has 0 radical (unpaired) electrons. The lowest BCUT2D eigenvalue weighted by atomic mass is 9.86. The van der Waals surface area contributed by atoms with Crippen molar-refractivity contribution in [1.29, 1.82) is 5.26 Å². The van der Waals surface area contributed by atoms with Gasteiger partial charge in [0.25, 0.3) is 0 Å². The Balaban J connectivity index is 1.03. The second-order valence-corrected chi connectivity index (χ2v) is 17.4. The number of nitriles is 1. The van der Waals surface area contributed by atoms with Crippen molar-refractivity contribution in [1.82, 2.24) is 28.6 Å². The fourth-order valence-corrected chi connectivity index (χ4v) is 10.1. The van der Waals surface area contributed by atoms with E-state index in [4.69, 9.17) is 5.73 Å². The lowest BCUT2D eigenvalue weighted by molar-refractivity contribution is -0.126. The van der Waals surface area contributed by atoms with Gasteiger partial charge in [-0.05, 0) is 62.6 Å². The molecule has 16 heteroatoms. The maximum Gasteiger partial charge on any atom is 0.393 e. The third-order valence-electron chi connectivity index (χ3n) is 10.9. The molecule has 268 valence electrons. The van der Waals surface area contributed by atoms with Crippen LogP contribution < -0.4 is 10.6 Å². The maximum absolute atomic E-state index is 13.1. The van der Waals surface area contributed by atoms with Gasteiger partial charge in [0.2, 0.25) is 16.0 Å². The van der Waals surface area contributed by atoms with Crippen molar-refractivity contribution in [2.45, 2.75) is 58.4 Å². The molecule has 3 fully saturated rings. The van der Waals surface area contributed by atoms with Crippen LogP contribution in [0.1, 0.15) is 41.5 Å². The first-order chi connectivity index (χ1) is 23.6. The third kappa shape index (κ3) is 6.90. The molecule has 0 saturated carbocycles. The minimum absolute atomic E-state index is 0.0507. The normalized spacial score (nSPS) is 22.0. The Morgan fingerprint density at radius 2 is 1.80 bits per heavy atom. The van der Waals surface area contributed by atoms with Crippen LogP contribution in [0, 0.1) is 23.7 Å². The summed E-state index contributed by atoms with van der Waals surface area (Å²) in [5.74, 6) is 0.695. The molecule has 3 aliphatic heterocycles. The van der Waals surface area contributed by atoms with Gasteiger partial charge < -0.3 is 15.2 Å². The Bertz CT molecular complexity index is 2080. The second-order valence-electron chi connectivity index (χ2n) is 14.3. The van der Waals surface area contributed by atoms with Crippen LogP contribution in [0.25, 0.3) is 21.1 Å². The minimum Gasteiger partial charge on any atom is -0.368 e. The van der Waals surface area contributed by atoms with Gasteiger partial charge in [-0.3, -0.25) is 9.80 Å². The molecule has 2 atom stereocenters. The summed E-state index contributed by atoms with van der Waals surface area (Å²) in [6.45, 7) is 11.3. The van der Waals surface area contributed by atoms with Gasteiger partial charge in [0.15, 0.2) is 0 Å². The van der Waals surface area contributed by atoms with Crippen LogP contribution in [0.5, 0.6) is 0 Å². The second kappa shape index (κ2) is 12.9. The summed E-state index contributed by atoms with van der Waals surface area (Å²) in [5.41, 5.74) is 10.1. The Labute approximate surface area is 294 Å². The van der Waals surface area contributed by atoms with Crippen LogP contribution in [0.3, 0.4) is 0 Å². The van der Waals surface area contributed by atoms with Crippen LogP contribution in [0.15, 0.2) is 24.3 Å². The number of nitrogens with two attached hydrogens (primary N) is 1. The van der Waals surface area contributed by atoms with Crippen molar-refractivity contribution in [3.63, 3.8) is 0 Å². The molecule has 3 aliphatic rings. The minimum atomic E-state index is -4.30. The molecule has 1 aromatic carbocycles. The van der Waals surface area contributed by atoms with Crippen molar-refractivity contribution >= 4 is 54.2 Å². The Morgan fingerprint density at radius 3 is 2.50 bits per heavy atom. The SMILES string of the molecule is Cc1c(CN2CCC3(CCN(c4nc(N)nc5sc(CC(F)(F)F)cc45)C3)C2)ccc2c1cc(C#N)n2C[C@H](C)N1CCN(S(C)(=O)=O)CC1. The summed E-state index contributed by atoms with van der Waals surface area (Å²) in [6, 6.07) is 10.4. The summed E-state index contributed by atoms with van der Waals surface area (Å²) in [7, 11) is -3.20. The van der Waals surface area contributed by atoms with Gasteiger partial charge >= 0.3 is 6.18 Å². The Kier molecular flexibility index (Phi) is 9.03. The van der Waals surface area contributed by atoms with Gasteiger partial charge in [0.05, 0.1) is 18.1 Å². The van der Waals surface area contributed by atoms with Crippen LogP contribution in [-0.4, -0.2) is 108 Å². The lowest BCUT2D eigenvalue weighted by Crippen LogP contribution is -2.51. The molecule has 7 rings (SSSR count). The van der Waals surface area contributed by atoms with E-state index in [1.54, 1.807) is 6.07 Å². The zero-order valence-electron chi connectivity index (χ0n) is 28.5. The summed E-state index contributed by atoms with van der Waals surface area (Å²) in [5, 5.41) is 11.8. The number of aryl methyl sites for hydroxylation is 1. The van der Waals surface area contributed by atoms with E-state index < -0.39 is 22.6 Å². The Hall–Kier alpha value is -3.49. The molecule has 2 N–H and O–H groups in total. The number of nitrogens with zero attached hydrogens (tertiary/aromatic N) is 8. The van der Waals surface area contributed by atoms with E-state index in [2.05, 4.69) is 61.3 Å². The largest absolute Gasteiger partial charge is 0.393 e. The van der Waals surface area contributed by atoms with E-state index >= 15 is 0 Å². The number of hydrogen-bond donors (Lipinski definition) is 1. The fourth-order valence-electron chi connectivity index (χ4n) is 8.19. The van der Waals surface area contributed by atoms with Gasteiger partial charge in [-0.25, -0.2) is 13.4 Å². The van der Waals surface area contributed by atoms with E-state index in [1.165, 1.54) is 16.1 Å². The lowest BCUT2D eigenvalue weighted by Gasteiger charge is -2.37. The van der Waals surface area contributed by atoms with Gasteiger partial charge in [0, 0.05) is 86.1 Å². The topological polar surface area (TPSA) is 128 Å². The molecule has 11 nitrogen and oxygen atoms in total. The van der Waals surface area contributed by atoms with Crippen molar-refractivity contribution in [3.8, 4) is 6.07 Å². The predicted molar refractivity (Wildman–Crippen MR) is 190 cm³/mol. The van der Waals surface area contributed by atoms with E-state index in [1.807, 2.05) is 6.07 Å². The smallest absolute Gasteiger partial charge is 0.368 e. The van der Waals surface area contributed by atoms with Gasteiger partial charge in [-0.1, -0.05) is 6.07 Å². The van der Waals surface area contributed by atoms with E-state index in [9.17, 15) is 26.9 Å². The number of fused-ring (bicyclic) bond motifs is 2. The van der Waals surface area contributed by atoms with Gasteiger partial charge in [0.1, 0.15) is 22.4 Å². The van der Waals surface area contributed by atoms with E-state index in [0.717, 1.165) is 73.4 Å². The first-order valence-corrected chi connectivity index (χ1v) is 19.6. The zero-order chi connectivity index (χ0) is 35.6. The number of thiophene rings is 1. The molecule has 3 saturated heterocycles. The molecule has 0 bridgehead atoms. The number of anilines is 2. The standard InChI is InChI=1S/C34H42F3N9O2S2/c1-22(43-10-12-45(13-11-43)50(3,47)48)18-46-25(17-38)14-27-23(2)24(4-5-29(27)46)19-42-8-6-33(20-42)7-9-44(21-33)30-28-15-26(16-34(35,36)37)49-31(28)41-32(39)40-30/h4-5,14-15,22H,6-13,16,18-21H2,1-3H3,(H2,39,40,41)/t22-,33?/m0/s1. The average Bonchev–Trinajstić information content (AvgIpc) is 3.83. The van der Waals surface area contributed by atoms with Crippen molar-refractivity contribution in [3.05, 3.63) is 46.0 Å². The number of aromatic nitrogens is 3. The maximum atomic E-state index is 13.1. The highest BCUT2D eigenvalue weighted by molar-refractivity contribution is 7.88. The Morgan fingerprint density at radius 1 is 1.06 bits per heavy atom. The number of alkyl halides is 3. The number of rotatable bonds is 8. The summed E-state index contributed by atoms with van der Waals surface area (Å²) < 4.78 is 66.9. The molecule has 1 spiro atoms. The molecule has 6 heterocycles. The fraction of sp³-hybridized carbons (Fsp3) is 0.559. The quantitative estimate of drug-likeness (QED) is 0.277. The van der Waals surface area contributed by atoms with Crippen molar-refractivity contribution in [2.75, 3.05) is 69.2 Å². The van der Waals surface area contributed by atoms with Crippen LogP contribution in [0.2, 0.25) is 0 Å². The number of hydrogen-bond acceptors (Lipinski definition) is 10. The number of benzene rings is 1. The molecule has 1 unspecified atom stereocenters. The number of piperazine rings is 1. The number of sulfonamides is 1. The van der Waals surface area contributed by atoms with Crippen molar-refractivity contribution < 1.29 is 21.6 Å². The molecule has 0 aliphatic carbocycles. The van der Waals surface area contributed by atoms with Crippen molar-refractivity contribution in [2.24, 2.45) is 5.41 Å². The van der Waals surface area contributed by atoms with E-state index in [-0.39, 0.29) is 22.3 Å². The first kappa shape index (κ1) is 34.9. The first-order valence-electron chi connectivity index (χ1n) is 16.9. The van der Waals surface area contributed by atoms with Gasteiger partial charge in [-0.15, -0.1) is 11.3 Å². The number of halogens is 3. The van der Waals surface area contributed by atoms with Crippen LogP contribution in [0.4, 0.5) is 24.9 Å². The molecule has 3 aromatic heterocycles. The molecule has 50 heavy (non-hydrogen) atoms. The molecular formula is C34H42F3N9O2S2. The van der Waals surface area contributed by atoms with Gasteiger partial charge in [-0.2, -0.15) is 27.7 Å². The summed E-state index contributed by atoms with van der Waals surface area (Å²) in [4.78, 5) is 16.4. The molecular weight excluding hydrogens is 688 g/mol. The monoisotopic (exact) mass is 729 g/mol. The highest BCUT2D eigenvalue weighted by Crippen LogP contribution is 2.44.